The number of amides is 1. The fourth-order valence-electron chi connectivity index (χ4n) is 1.66. The van der Waals surface area contributed by atoms with Crippen molar-refractivity contribution < 1.29 is 9.90 Å². The number of hydrogen-bond donors (Lipinski definition) is 2. The first-order chi connectivity index (χ1) is 8.50. The van der Waals surface area contributed by atoms with Gasteiger partial charge in [-0.2, -0.15) is 0 Å². The minimum atomic E-state index is -0.419. The van der Waals surface area contributed by atoms with Crippen LogP contribution in [0.3, 0.4) is 0 Å². The van der Waals surface area contributed by atoms with Gasteiger partial charge in [0.25, 0.3) is 0 Å². The van der Waals surface area contributed by atoms with Crippen LogP contribution in [0, 0.1) is 0 Å². The Labute approximate surface area is 113 Å². The number of nitrogens with one attached hydrogen (secondary N) is 1. The first-order valence-electron chi connectivity index (χ1n) is 6.15. The van der Waals surface area contributed by atoms with Crippen molar-refractivity contribution in [3.63, 3.8) is 0 Å². The molecule has 2 N–H and O–H groups in total. The van der Waals surface area contributed by atoms with Gasteiger partial charge in [-0.05, 0) is 38.9 Å². The van der Waals surface area contributed by atoms with Crippen molar-refractivity contribution in [3.8, 4) is 0 Å². The monoisotopic (exact) mass is 270 g/mol. The zero-order valence-electron chi connectivity index (χ0n) is 11.2. The van der Waals surface area contributed by atoms with Gasteiger partial charge in [-0.15, -0.1) is 11.3 Å². The Bertz CT molecular complexity index is 350. The maximum absolute atomic E-state index is 11.6. The summed E-state index contributed by atoms with van der Waals surface area (Å²) >= 11 is 1.70. The van der Waals surface area contributed by atoms with Gasteiger partial charge in [0, 0.05) is 17.8 Å². The first-order valence-corrected chi connectivity index (χ1v) is 7.03. The maximum atomic E-state index is 11.6. The Balaban J connectivity index is 2.41. The normalized spacial score (nSPS) is 14.5. The van der Waals surface area contributed by atoms with Crippen LogP contribution < -0.4 is 5.32 Å². The largest absolute Gasteiger partial charge is 0.393 e. The van der Waals surface area contributed by atoms with E-state index in [9.17, 15) is 4.79 Å². The lowest BCUT2D eigenvalue weighted by Crippen LogP contribution is -2.34. The summed E-state index contributed by atoms with van der Waals surface area (Å²) in [7, 11) is 4.01. The van der Waals surface area contributed by atoms with Crippen LogP contribution in [0.1, 0.15) is 30.7 Å². The molecule has 0 aliphatic carbocycles. The quantitative estimate of drug-likeness (QED) is 0.792. The van der Waals surface area contributed by atoms with E-state index in [1.165, 1.54) is 4.88 Å². The number of carbonyl (C=O) groups excluding carboxylic acids is 1. The Morgan fingerprint density at radius 2 is 2.28 bits per heavy atom. The van der Waals surface area contributed by atoms with Crippen LogP contribution in [0.5, 0.6) is 0 Å². The lowest BCUT2D eigenvalue weighted by Gasteiger charge is -2.23. The second-order valence-corrected chi connectivity index (χ2v) is 5.67. The SMILES string of the molecule is CC(O)CCC(=O)NCC(c1cccs1)N(C)C. The highest BCUT2D eigenvalue weighted by Crippen LogP contribution is 2.22. The topological polar surface area (TPSA) is 52.6 Å². The first kappa shape index (κ1) is 15.1. The molecule has 0 saturated carbocycles. The zero-order valence-corrected chi connectivity index (χ0v) is 12.0. The summed E-state index contributed by atoms with van der Waals surface area (Å²) in [6.45, 7) is 2.30. The molecule has 0 aliphatic rings. The van der Waals surface area contributed by atoms with Crippen molar-refractivity contribution in [2.75, 3.05) is 20.6 Å². The number of thiophene rings is 1. The van der Waals surface area contributed by atoms with Crippen molar-refractivity contribution in [2.24, 2.45) is 0 Å². The number of hydrogen-bond acceptors (Lipinski definition) is 4. The number of nitrogens with zero attached hydrogens (tertiary/aromatic N) is 1. The standard InChI is InChI=1S/C13H22N2O2S/c1-10(16)6-7-13(17)14-9-11(15(2)3)12-5-4-8-18-12/h4-5,8,10-11,16H,6-7,9H2,1-3H3,(H,14,17). The molecule has 0 aromatic carbocycles. The second kappa shape index (κ2) is 7.51. The summed E-state index contributed by atoms with van der Waals surface area (Å²) in [6.07, 6.45) is 0.470. The van der Waals surface area contributed by atoms with Gasteiger partial charge < -0.3 is 15.3 Å². The van der Waals surface area contributed by atoms with Crippen LogP contribution in [0.2, 0.25) is 0 Å². The van der Waals surface area contributed by atoms with E-state index in [1.54, 1.807) is 18.3 Å². The Kier molecular flexibility index (Phi) is 6.32. The van der Waals surface area contributed by atoms with E-state index >= 15 is 0 Å². The summed E-state index contributed by atoms with van der Waals surface area (Å²) in [5, 5.41) is 14.1. The number of rotatable bonds is 7. The van der Waals surface area contributed by atoms with Crippen LogP contribution in [-0.2, 0) is 4.79 Å². The Morgan fingerprint density at radius 3 is 2.78 bits per heavy atom. The van der Waals surface area contributed by atoms with Crippen molar-refractivity contribution in [1.82, 2.24) is 10.2 Å². The summed E-state index contributed by atoms with van der Waals surface area (Å²) < 4.78 is 0. The van der Waals surface area contributed by atoms with E-state index in [1.807, 2.05) is 25.5 Å². The highest BCUT2D eigenvalue weighted by Gasteiger charge is 2.16. The van der Waals surface area contributed by atoms with E-state index in [0.717, 1.165) is 0 Å². The molecule has 0 aliphatic heterocycles. The molecule has 1 heterocycles. The predicted octanol–water partition coefficient (Wildman–Crippen LogP) is 1.63. The zero-order chi connectivity index (χ0) is 13.5. The molecule has 5 heteroatoms. The van der Waals surface area contributed by atoms with Gasteiger partial charge in [0.2, 0.25) is 5.91 Å². The molecule has 1 aromatic heterocycles. The number of carbonyl (C=O) groups is 1. The van der Waals surface area contributed by atoms with E-state index in [2.05, 4.69) is 16.3 Å². The molecule has 1 rings (SSSR count). The third-order valence-electron chi connectivity index (χ3n) is 2.78. The molecule has 0 saturated heterocycles. The molecular weight excluding hydrogens is 248 g/mol. The number of likely N-dealkylation sites (N-methyl/N-ethyl adjacent to an activating group) is 1. The van der Waals surface area contributed by atoms with Crippen molar-refractivity contribution >= 4 is 17.2 Å². The summed E-state index contributed by atoms with van der Waals surface area (Å²) in [5.41, 5.74) is 0. The summed E-state index contributed by atoms with van der Waals surface area (Å²) in [4.78, 5) is 15.0. The van der Waals surface area contributed by atoms with E-state index in [4.69, 9.17) is 5.11 Å². The molecule has 2 unspecified atom stereocenters. The van der Waals surface area contributed by atoms with Crippen LogP contribution in [-0.4, -0.2) is 42.7 Å². The van der Waals surface area contributed by atoms with Gasteiger partial charge >= 0.3 is 0 Å². The molecule has 1 amide bonds. The third kappa shape index (κ3) is 5.16. The third-order valence-corrected chi connectivity index (χ3v) is 3.75. The van der Waals surface area contributed by atoms with Gasteiger partial charge in [-0.25, -0.2) is 0 Å². The molecule has 2 atom stereocenters. The molecule has 102 valence electrons. The van der Waals surface area contributed by atoms with Crippen molar-refractivity contribution in [3.05, 3.63) is 22.4 Å². The molecule has 4 nitrogen and oxygen atoms in total. The van der Waals surface area contributed by atoms with Crippen LogP contribution in [0.15, 0.2) is 17.5 Å². The average molecular weight is 270 g/mol. The van der Waals surface area contributed by atoms with E-state index < -0.39 is 6.10 Å². The van der Waals surface area contributed by atoms with Gasteiger partial charge in [0.1, 0.15) is 0 Å². The molecule has 0 fully saturated rings. The summed E-state index contributed by atoms with van der Waals surface area (Å²) in [6, 6.07) is 4.31. The molecular formula is C13H22N2O2S. The minimum Gasteiger partial charge on any atom is -0.393 e. The van der Waals surface area contributed by atoms with Gasteiger partial charge in [-0.1, -0.05) is 6.07 Å². The molecule has 1 aromatic rings. The minimum absolute atomic E-state index is 0.000642. The lowest BCUT2D eigenvalue weighted by molar-refractivity contribution is -0.121. The van der Waals surface area contributed by atoms with E-state index in [0.29, 0.717) is 19.4 Å². The molecule has 18 heavy (non-hydrogen) atoms. The molecule has 0 bridgehead atoms. The number of aliphatic hydroxyl groups is 1. The van der Waals surface area contributed by atoms with Gasteiger partial charge in [0.15, 0.2) is 0 Å². The Morgan fingerprint density at radius 1 is 1.56 bits per heavy atom. The van der Waals surface area contributed by atoms with Crippen molar-refractivity contribution in [2.45, 2.75) is 31.9 Å². The lowest BCUT2D eigenvalue weighted by atomic mass is 10.2. The average Bonchev–Trinajstić information content (AvgIpc) is 2.79. The molecule has 0 spiro atoms. The summed E-state index contributed by atoms with van der Waals surface area (Å²) in [5.74, 6) is -0.000642. The number of aliphatic hydroxyl groups excluding tert-OH is 1. The second-order valence-electron chi connectivity index (χ2n) is 4.69. The van der Waals surface area contributed by atoms with Crippen LogP contribution in [0.25, 0.3) is 0 Å². The Hall–Kier alpha value is -0.910. The van der Waals surface area contributed by atoms with E-state index in [-0.39, 0.29) is 11.9 Å². The highest BCUT2D eigenvalue weighted by atomic mass is 32.1. The predicted molar refractivity (Wildman–Crippen MR) is 74.7 cm³/mol. The molecule has 0 radical (unpaired) electrons. The highest BCUT2D eigenvalue weighted by molar-refractivity contribution is 7.10. The maximum Gasteiger partial charge on any atom is 0.220 e. The van der Waals surface area contributed by atoms with Crippen molar-refractivity contribution in [1.29, 1.82) is 0 Å². The fraction of sp³-hybridized carbons (Fsp3) is 0.615. The van der Waals surface area contributed by atoms with Gasteiger partial charge in [0.05, 0.1) is 12.1 Å². The smallest absolute Gasteiger partial charge is 0.220 e. The van der Waals surface area contributed by atoms with Gasteiger partial charge in [-0.3, -0.25) is 4.79 Å². The van der Waals surface area contributed by atoms with Crippen LogP contribution in [0.4, 0.5) is 0 Å². The van der Waals surface area contributed by atoms with Crippen LogP contribution >= 0.6 is 11.3 Å². The fourth-order valence-corrected chi connectivity index (χ4v) is 2.58.